The minimum atomic E-state index is -3.91. The fourth-order valence-electron chi connectivity index (χ4n) is 2.81. The molecule has 6 heteroatoms. The van der Waals surface area contributed by atoms with Gasteiger partial charge in [-0.3, -0.25) is 9.10 Å². The number of benzene rings is 2. The molecular formula is C17H14N2O3S. The molecule has 5 nitrogen and oxygen atoms in total. The van der Waals surface area contributed by atoms with Crippen LogP contribution >= 0.6 is 0 Å². The van der Waals surface area contributed by atoms with E-state index in [1.165, 1.54) is 16.4 Å². The largest absolute Gasteiger partial charge is 0.294 e. The molecule has 0 unspecified atom stereocenters. The maximum Gasteiger partial charge on any atom is 0.265 e. The van der Waals surface area contributed by atoms with Gasteiger partial charge in [-0.2, -0.15) is 5.26 Å². The lowest BCUT2D eigenvalue weighted by atomic mass is 9.99. The van der Waals surface area contributed by atoms with Gasteiger partial charge in [0.15, 0.2) is 5.78 Å². The van der Waals surface area contributed by atoms with E-state index in [-0.39, 0.29) is 29.2 Å². The number of nitrogens with zero attached hydrogens (tertiary/aromatic N) is 2. The number of fused-ring (bicyclic) bond motifs is 1. The Labute approximate surface area is 134 Å². The van der Waals surface area contributed by atoms with Gasteiger partial charge in [0.25, 0.3) is 10.0 Å². The highest BCUT2D eigenvalue weighted by Crippen LogP contribution is 2.35. The number of hydrogen-bond acceptors (Lipinski definition) is 4. The molecule has 0 N–H and O–H groups in total. The highest BCUT2D eigenvalue weighted by atomic mass is 32.2. The molecule has 0 aromatic heterocycles. The normalized spacial score (nSPS) is 14.3. The van der Waals surface area contributed by atoms with Crippen LogP contribution in [0.1, 0.15) is 27.9 Å². The zero-order valence-electron chi connectivity index (χ0n) is 12.5. The molecule has 0 atom stereocenters. The smallest absolute Gasteiger partial charge is 0.265 e. The molecule has 0 radical (unpaired) electrons. The molecule has 2 aromatic carbocycles. The molecular weight excluding hydrogens is 312 g/mol. The molecule has 1 aliphatic heterocycles. The molecule has 1 heterocycles. The highest BCUT2D eigenvalue weighted by Gasteiger charge is 2.34. The molecule has 0 aliphatic carbocycles. The molecule has 0 saturated carbocycles. The Morgan fingerprint density at radius 2 is 1.87 bits per heavy atom. The molecule has 3 rings (SSSR count). The average molecular weight is 326 g/mol. The maximum absolute atomic E-state index is 13.1. The summed E-state index contributed by atoms with van der Waals surface area (Å²) in [5.74, 6) is -0.0660. The summed E-state index contributed by atoms with van der Waals surface area (Å²) in [5.41, 5.74) is 1.64. The summed E-state index contributed by atoms with van der Waals surface area (Å²) in [6.45, 7) is 1.86. The average Bonchev–Trinajstić information content (AvgIpc) is 2.55. The van der Waals surface area contributed by atoms with E-state index in [2.05, 4.69) is 0 Å². The summed E-state index contributed by atoms with van der Waals surface area (Å²) in [7, 11) is -3.91. The number of rotatable bonds is 2. The van der Waals surface area contributed by atoms with Crippen molar-refractivity contribution in [3.8, 4) is 6.07 Å². The van der Waals surface area contributed by atoms with Crippen LogP contribution in [0.2, 0.25) is 0 Å². The molecule has 0 spiro atoms. The van der Waals surface area contributed by atoms with E-state index in [1.807, 2.05) is 6.07 Å². The van der Waals surface area contributed by atoms with Crippen LogP contribution in [0.5, 0.6) is 0 Å². The summed E-state index contributed by atoms with van der Waals surface area (Å²) in [5, 5.41) is 9.18. The number of para-hydroxylation sites is 1. The molecule has 0 amide bonds. The van der Waals surface area contributed by atoms with Gasteiger partial charge < -0.3 is 0 Å². The Morgan fingerprint density at radius 3 is 2.61 bits per heavy atom. The zero-order valence-corrected chi connectivity index (χ0v) is 13.3. The quantitative estimate of drug-likeness (QED) is 0.850. The minimum Gasteiger partial charge on any atom is -0.294 e. The lowest BCUT2D eigenvalue weighted by Crippen LogP contribution is -2.38. The maximum atomic E-state index is 13.1. The summed E-state index contributed by atoms with van der Waals surface area (Å²) in [6, 6.07) is 13.2. The topological polar surface area (TPSA) is 78.2 Å². The van der Waals surface area contributed by atoms with Gasteiger partial charge in [0.2, 0.25) is 0 Å². The first-order valence-electron chi connectivity index (χ1n) is 7.11. The van der Waals surface area contributed by atoms with Crippen LogP contribution in [-0.2, 0) is 10.0 Å². The van der Waals surface area contributed by atoms with E-state index in [1.54, 1.807) is 37.3 Å². The Bertz CT molecular complexity index is 943. The fourth-order valence-corrected chi connectivity index (χ4v) is 4.50. The van der Waals surface area contributed by atoms with E-state index >= 15 is 0 Å². The van der Waals surface area contributed by atoms with Gasteiger partial charge >= 0.3 is 0 Å². The van der Waals surface area contributed by atoms with Gasteiger partial charge in [-0.05, 0) is 30.7 Å². The Kier molecular flexibility index (Phi) is 3.66. The third kappa shape index (κ3) is 2.39. The summed E-state index contributed by atoms with van der Waals surface area (Å²) in [4.78, 5) is 12.1. The molecule has 0 bridgehead atoms. The van der Waals surface area contributed by atoms with E-state index in [9.17, 15) is 18.5 Å². The molecule has 23 heavy (non-hydrogen) atoms. The van der Waals surface area contributed by atoms with Crippen molar-refractivity contribution in [2.24, 2.45) is 0 Å². The van der Waals surface area contributed by atoms with Crippen molar-refractivity contribution in [3.05, 3.63) is 59.2 Å². The van der Waals surface area contributed by atoms with Gasteiger partial charge in [-0.1, -0.05) is 24.3 Å². The number of sulfonamides is 1. The number of carbonyl (C=O) groups is 1. The number of anilines is 1. The molecule has 116 valence electrons. The molecule has 0 saturated heterocycles. The van der Waals surface area contributed by atoms with Crippen molar-refractivity contribution in [1.82, 2.24) is 0 Å². The first-order valence-corrected chi connectivity index (χ1v) is 8.55. The number of carbonyl (C=O) groups excluding carboxylic acids is 1. The second-order valence-corrected chi connectivity index (χ2v) is 7.16. The Hall–Kier alpha value is -2.65. The number of ketones is 1. The van der Waals surface area contributed by atoms with Crippen molar-refractivity contribution in [1.29, 1.82) is 5.26 Å². The van der Waals surface area contributed by atoms with Crippen LogP contribution < -0.4 is 4.31 Å². The second-order valence-electron chi connectivity index (χ2n) is 5.33. The van der Waals surface area contributed by atoms with Crippen LogP contribution in [0.4, 0.5) is 5.69 Å². The van der Waals surface area contributed by atoms with E-state index < -0.39 is 10.0 Å². The van der Waals surface area contributed by atoms with Crippen LogP contribution in [0.25, 0.3) is 0 Å². The standard InChI is InChI=1S/C17H14N2O3S/c1-12-5-4-7-14-15(20)9-10-19(17(12)14)23(21,22)16-8-3-2-6-13(16)11-18/h2-8H,9-10H2,1H3. The molecule has 0 fully saturated rings. The first kappa shape index (κ1) is 15.3. The van der Waals surface area contributed by atoms with Gasteiger partial charge in [-0.15, -0.1) is 0 Å². The number of aryl methyl sites for hydroxylation is 1. The highest BCUT2D eigenvalue weighted by molar-refractivity contribution is 7.93. The van der Waals surface area contributed by atoms with Crippen molar-refractivity contribution in [2.45, 2.75) is 18.2 Å². The van der Waals surface area contributed by atoms with Crippen LogP contribution in [-0.4, -0.2) is 20.7 Å². The fraction of sp³-hybridized carbons (Fsp3) is 0.176. The summed E-state index contributed by atoms with van der Waals surface area (Å²) >= 11 is 0. The summed E-state index contributed by atoms with van der Waals surface area (Å²) < 4.78 is 27.3. The van der Waals surface area contributed by atoms with Crippen LogP contribution in [0.15, 0.2) is 47.4 Å². The van der Waals surface area contributed by atoms with Crippen molar-refractivity contribution in [3.63, 3.8) is 0 Å². The monoisotopic (exact) mass is 326 g/mol. The zero-order chi connectivity index (χ0) is 16.6. The van der Waals surface area contributed by atoms with Gasteiger partial charge in [-0.25, -0.2) is 8.42 Å². The van der Waals surface area contributed by atoms with E-state index in [0.717, 1.165) is 0 Å². The van der Waals surface area contributed by atoms with Crippen LogP contribution in [0.3, 0.4) is 0 Å². The SMILES string of the molecule is Cc1cccc2c1N(S(=O)(=O)c1ccccc1C#N)CCC2=O. The third-order valence-corrected chi connectivity index (χ3v) is 5.76. The number of nitriles is 1. The van der Waals surface area contributed by atoms with Gasteiger partial charge in [0, 0.05) is 18.5 Å². The lowest BCUT2D eigenvalue weighted by molar-refractivity contribution is 0.0982. The van der Waals surface area contributed by atoms with E-state index in [4.69, 9.17) is 0 Å². The predicted octanol–water partition coefficient (Wildman–Crippen LogP) is 2.65. The second kappa shape index (κ2) is 5.52. The van der Waals surface area contributed by atoms with Crippen LogP contribution in [0, 0.1) is 18.3 Å². The Balaban J connectivity index is 2.23. The first-order chi connectivity index (χ1) is 11.0. The number of Topliss-reactive ketones (excluding diaryl/α,β-unsaturated/α-hetero) is 1. The third-order valence-electron chi connectivity index (χ3n) is 3.91. The van der Waals surface area contributed by atoms with Gasteiger partial charge in [0.05, 0.1) is 11.3 Å². The summed E-state index contributed by atoms with van der Waals surface area (Å²) in [6.07, 6.45) is 0.129. The van der Waals surface area contributed by atoms with E-state index in [0.29, 0.717) is 16.8 Å². The molecule has 1 aliphatic rings. The Morgan fingerprint density at radius 1 is 1.13 bits per heavy atom. The van der Waals surface area contributed by atoms with Gasteiger partial charge in [0.1, 0.15) is 11.0 Å². The predicted molar refractivity (Wildman–Crippen MR) is 85.8 cm³/mol. The number of hydrogen-bond donors (Lipinski definition) is 0. The molecule has 2 aromatic rings. The minimum absolute atomic E-state index is 0.0361. The van der Waals surface area contributed by atoms with Crippen molar-refractivity contribution in [2.75, 3.05) is 10.8 Å². The lowest BCUT2D eigenvalue weighted by Gasteiger charge is -2.31. The van der Waals surface area contributed by atoms with Crippen molar-refractivity contribution >= 4 is 21.5 Å². The van der Waals surface area contributed by atoms with Crippen molar-refractivity contribution < 1.29 is 13.2 Å².